The first-order valence-electron chi connectivity index (χ1n) is 6.87. The summed E-state index contributed by atoms with van der Waals surface area (Å²) in [6.45, 7) is 1.79. The van der Waals surface area contributed by atoms with Gasteiger partial charge in [-0.05, 0) is 13.0 Å². The number of aliphatic carboxylic acids is 1. The Kier molecular flexibility index (Phi) is 6.78. The summed E-state index contributed by atoms with van der Waals surface area (Å²) < 4.78 is 19.1. The third-order valence-electron chi connectivity index (χ3n) is 3.28. The van der Waals surface area contributed by atoms with Crippen LogP contribution in [0.25, 0.3) is 0 Å². The van der Waals surface area contributed by atoms with Crippen molar-refractivity contribution in [1.82, 2.24) is 10.2 Å². The number of hydrogen-bond acceptors (Lipinski definition) is 3. The van der Waals surface area contributed by atoms with E-state index in [4.69, 9.17) is 9.84 Å². The van der Waals surface area contributed by atoms with E-state index in [0.717, 1.165) is 0 Å². The number of carboxylic acids is 1. The molecule has 0 aliphatic rings. The summed E-state index contributed by atoms with van der Waals surface area (Å²) in [5, 5.41) is 11.3. The van der Waals surface area contributed by atoms with E-state index < -0.39 is 30.0 Å². The molecular weight excluding hydrogens is 291 g/mol. The summed E-state index contributed by atoms with van der Waals surface area (Å²) in [6, 6.07) is 5.27. The van der Waals surface area contributed by atoms with E-state index in [1.165, 1.54) is 25.1 Å². The fourth-order valence-corrected chi connectivity index (χ4v) is 2.05. The molecule has 7 heteroatoms. The Morgan fingerprint density at radius 3 is 2.59 bits per heavy atom. The van der Waals surface area contributed by atoms with E-state index in [1.807, 2.05) is 0 Å². The number of halogens is 1. The SMILES string of the molecule is COC(c1ccccc1F)C(C)NC(=O)N(C)CCC(=O)O. The van der Waals surface area contributed by atoms with Gasteiger partial charge in [0, 0.05) is 26.3 Å². The highest BCUT2D eigenvalue weighted by Crippen LogP contribution is 2.23. The predicted molar refractivity (Wildman–Crippen MR) is 79.0 cm³/mol. The highest BCUT2D eigenvalue weighted by atomic mass is 19.1. The van der Waals surface area contributed by atoms with Gasteiger partial charge in [-0.1, -0.05) is 18.2 Å². The van der Waals surface area contributed by atoms with Gasteiger partial charge in [-0.25, -0.2) is 9.18 Å². The second kappa shape index (κ2) is 8.33. The molecule has 2 N–H and O–H groups in total. The molecule has 0 radical (unpaired) electrons. The molecule has 0 fully saturated rings. The summed E-state index contributed by atoms with van der Waals surface area (Å²) in [4.78, 5) is 23.7. The third kappa shape index (κ3) is 5.00. The van der Waals surface area contributed by atoms with E-state index in [0.29, 0.717) is 5.56 Å². The monoisotopic (exact) mass is 312 g/mol. The molecule has 0 aliphatic heterocycles. The average Bonchev–Trinajstić information content (AvgIpc) is 2.47. The van der Waals surface area contributed by atoms with Crippen molar-refractivity contribution < 1.29 is 23.8 Å². The zero-order valence-electron chi connectivity index (χ0n) is 12.9. The molecule has 122 valence electrons. The first kappa shape index (κ1) is 17.9. The zero-order chi connectivity index (χ0) is 16.7. The van der Waals surface area contributed by atoms with E-state index in [9.17, 15) is 14.0 Å². The molecule has 0 heterocycles. The van der Waals surface area contributed by atoms with Crippen LogP contribution in [-0.2, 0) is 9.53 Å². The Balaban J connectivity index is 2.69. The molecule has 2 unspecified atom stereocenters. The molecule has 0 spiro atoms. The molecule has 1 aromatic rings. The van der Waals surface area contributed by atoms with Gasteiger partial charge in [-0.3, -0.25) is 4.79 Å². The van der Waals surface area contributed by atoms with Crippen LogP contribution in [0.4, 0.5) is 9.18 Å². The maximum absolute atomic E-state index is 13.8. The Morgan fingerprint density at radius 1 is 1.41 bits per heavy atom. The van der Waals surface area contributed by atoms with Gasteiger partial charge >= 0.3 is 12.0 Å². The maximum Gasteiger partial charge on any atom is 0.317 e. The van der Waals surface area contributed by atoms with Gasteiger partial charge in [0.2, 0.25) is 0 Å². The number of ether oxygens (including phenoxy) is 1. The number of nitrogens with zero attached hydrogens (tertiary/aromatic N) is 1. The molecule has 0 saturated heterocycles. The topological polar surface area (TPSA) is 78.9 Å². The largest absolute Gasteiger partial charge is 0.481 e. The van der Waals surface area contributed by atoms with Crippen LogP contribution in [0, 0.1) is 5.82 Å². The van der Waals surface area contributed by atoms with Crippen molar-refractivity contribution in [2.24, 2.45) is 0 Å². The number of rotatable bonds is 7. The smallest absolute Gasteiger partial charge is 0.317 e. The van der Waals surface area contributed by atoms with Crippen molar-refractivity contribution in [1.29, 1.82) is 0 Å². The summed E-state index contributed by atoms with van der Waals surface area (Å²) in [5.41, 5.74) is 0.353. The minimum Gasteiger partial charge on any atom is -0.481 e. The molecule has 6 nitrogen and oxygen atoms in total. The van der Waals surface area contributed by atoms with Crippen molar-refractivity contribution in [2.75, 3.05) is 20.7 Å². The number of amides is 2. The van der Waals surface area contributed by atoms with E-state index >= 15 is 0 Å². The van der Waals surface area contributed by atoms with E-state index in [1.54, 1.807) is 25.1 Å². The zero-order valence-corrected chi connectivity index (χ0v) is 12.9. The second-order valence-corrected chi connectivity index (χ2v) is 4.98. The van der Waals surface area contributed by atoms with Crippen molar-refractivity contribution >= 4 is 12.0 Å². The number of methoxy groups -OCH3 is 1. The first-order valence-corrected chi connectivity index (χ1v) is 6.87. The summed E-state index contributed by atoms with van der Waals surface area (Å²) in [5.74, 6) is -1.39. The van der Waals surface area contributed by atoms with Gasteiger partial charge in [-0.15, -0.1) is 0 Å². The van der Waals surface area contributed by atoms with Crippen molar-refractivity contribution in [2.45, 2.75) is 25.5 Å². The van der Waals surface area contributed by atoms with Crippen molar-refractivity contribution in [3.05, 3.63) is 35.6 Å². The molecule has 22 heavy (non-hydrogen) atoms. The van der Waals surface area contributed by atoms with Gasteiger partial charge in [-0.2, -0.15) is 0 Å². The van der Waals surface area contributed by atoms with Crippen LogP contribution in [0.3, 0.4) is 0 Å². The molecule has 2 atom stereocenters. The number of hydrogen-bond donors (Lipinski definition) is 2. The Labute approximate surface area is 128 Å². The molecule has 0 bridgehead atoms. The van der Waals surface area contributed by atoms with Crippen LogP contribution in [-0.4, -0.2) is 48.8 Å². The molecule has 1 aromatic carbocycles. The van der Waals surface area contributed by atoms with Crippen LogP contribution >= 0.6 is 0 Å². The van der Waals surface area contributed by atoms with Gasteiger partial charge in [0.1, 0.15) is 11.9 Å². The molecule has 0 aliphatic carbocycles. The van der Waals surface area contributed by atoms with Crippen molar-refractivity contribution in [3.8, 4) is 0 Å². The van der Waals surface area contributed by atoms with Crippen molar-refractivity contribution in [3.63, 3.8) is 0 Å². The van der Waals surface area contributed by atoms with Crippen LogP contribution in [0.1, 0.15) is 25.0 Å². The van der Waals surface area contributed by atoms with Crippen LogP contribution in [0.5, 0.6) is 0 Å². The first-order chi connectivity index (χ1) is 10.4. The summed E-state index contributed by atoms with van der Waals surface area (Å²) in [6.07, 6.45) is -0.780. The Hall–Kier alpha value is -2.15. The summed E-state index contributed by atoms with van der Waals surface area (Å²) >= 11 is 0. The fraction of sp³-hybridized carbons (Fsp3) is 0.467. The minimum atomic E-state index is -0.978. The maximum atomic E-state index is 13.8. The lowest BCUT2D eigenvalue weighted by Crippen LogP contribution is -2.45. The molecular formula is C15H21FN2O4. The predicted octanol–water partition coefficient (Wildman–Crippen LogP) is 2.02. The molecule has 2 amide bonds. The molecule has 1 rings (SSSR count). The lowest BCUT2D eigenvalue weighted by atomic mass is 10.0. The quantitative estimate of drug-likeness (QED) is 0.807. The lowest BCUT2D eigenvalue weighted by molar-refractivity contribution is -0.137. The highest BCUT2D eigenvalue weighted by molar-refractivity contribution is 5.75. The Bertz CT molecular complexity index is 524. The van der Waals surface area contributed by atoms with Gasteiger partial charge in [0.15, 0.2) is 0 Å². The van der Waals surface area contributed by atoms with Gasteiger partial charge in [0.25, 0.3) is 0 Å². The van der Waals surface area contributed by atoms with E-state index in [2.05, 4.69) is 5.32 Å². The molecule has 0 aromatic heterocycles. The van der Waals surface area contributed by atoms with Crippen LogP contribution < -0.4 is 5.32 Å². The lowest BCUT2D eigenvalue weighted by Gasteiger charge is -2.27. The van der Waals surface area contributed by atoms with Gasteiger partial charge < -0.3 is 20.1 Å². The van der Waals surface area contributed by atoms with Crippen LogP contribution in [0.2, 0.25) is 0 Å². The second-order valence-electron chi connectivity index (χ2n) is 4.98. The number of benzene rings is 1. The number of carbonyl (C=O) groups is 2. The number of carbonyl (C=O) groups excluding carboxylic acids is 1. The van der Waals surface area contributed by atoms with E-state index in [-0.39, 0.29) is 13.0 Å². The average molecular weight is 312 g/mol. The highest BCUT2D eigenvalue weighted by Gasteiger charge is 2.24. The third-order valence-corrected chi connectivity index (χ3v) is 3.28. The Morgan fingerprint density at radius 2 is 2.05 bits per heavy atom. The van der Waals surface area contributed by atoms with Crippen LogP contribution in [0.15, 0.2) is 24.3 Å². The number of nitrogens with one attached hydrogen (secondary N) is 1. The number of urea groups is 1. The summed E-state index contributed by atoms with van der Waals surface area (Å²) in [7, 11) is 2.93. The molecule has 0 saturated carbocycles. The van der Waals surface area contributed by atoms with Gasteiger partial charge in [0.05, 0.1) is 12.5 Å². The standard InChI is InChI=1S/C15H21FN2O4/c1-10(17-15(21)18(2)9-8-13(19)20)14(22-3)11-6-4-5-7-12(11)16/h4-7,10,14H,8-9H2,1-3H3,(H,17,21)(H,19,20). The number of carboxylic acid groups (broad SMARTS) is 1. The fourth-order valence-electron chi connectivity index (χ4n) is 2.05. The minimum absolute atomic E-state index is 0.0885. The normalized spacial score (nSPS) is 13.3.